The first-order chi connectivity index (χ1) is 8.59. The highest BCUT2D eigenvalue weighted by Gasteiger charge is 2.27. The molecule has 0 unspecified atom stereocenters. The molecule has 0 saturated heterocycles. The molecule has 3 heteroatoms. The zero-order valence-corrected chi connectivity index (χ0v) is 10.2. The SMILES string of the molecule is CC(C)c1ccc2c3c(cccc13)C(=O)OC2=O. The molecule has 0 amide bonds. The zero-order chi connectivity index (χ0) is 12.9. The first-order valence-corrected chi connectivity index (χ1v) is 5.91. The van der Waals surface area contributed by atoms with Crippen LogP contribution < -0.4 is 0 Å². The summed E-state index contributed by atoms with van der Waals surface area (Å²) in [5, 5.41) is 1.69. The van der Waals surface area contributed by atoms with Crippen LogP contribution in [0.15, 0.2) is 30.3 Å². The van der Waals surface area contributed by atoms with Gasteiger partial charge in [-0.15, -0.1) is 0 Å². The highest BCUT2D eigenvalue weighted by molar-refractivity contribution is 6.21. The second-order valence-corrected chi connectivity index (χ2v) is 4.76. The van der Waals surface area contributed by atoms with E-state index in [1.165, 1.54) is 0 Å². The fraction of sp³-hybridized carbons (Fsp3) is 0.200. The van der Waals surface area contributed by atoms with E-state index >= 15 is 0 Å². The van der Waals surface area contributed by atoms with Crippen molar-refractivity contribution >= 4 is 22.7 Å². The summed E-state index contributed by atoms with van der Waals surface area (Å²) in [5.74, 6) is -0.777. The molecule has 0 fully saturated rings. The smallest absolute Gasteiger partial charge is 0.346 e. The van der Waals surface area contributed by atoms with Gasteiger partial charge in [-0.2, -0.15) is 0 Å². The monoisotopic (exact) mass is 240 g/mol. The van der Waals surface area contributed by atoms with E-state index in [-0.39, 0.29) is 0 Å². The van der Waals surface area contributed by atoms with Crippen molar-refractivity contribution in [2.75, 3.05) is 0 Å². The minimum Gasteiger partial charge on any atom is -0.386 e. The molecule has 0 bridgehead atoms. The fourth-order valence-electron chi connectivity index (χ4n) is 2.47. The van der Waals surface area contributed by atoms with Gasteiger partial charge in [0.2, 0.25) is 0 Å². The number of benzene rings is 2. The summed E-state index contributed by atoms with van der Waals surface area (Å²) in [6.45, 7) is 4.18. The largest absolute Gasteiger partial charge is 0.386 e. The summed E-state index contributed by atoms with van der Waals surface area (Å²) in [7, 11) is 0. The van der Waals surface area contributed by atoms with Crippen molar-refractivity contribution < 1.29 is 14.3 Å². The van der Waals surface area contributed by atoms with Gasteiger partial charge in [-0.3, -0.25) is 0 Å². The number of hydrogen-bond donors (Lipinski definition) is 0. The predicted molar refractivity (Wildman–Crippen MR) is 67.8 cm³/mol. The van der Waals surface area contributed by atoms with Crippen LogP contribution in [-0.2, 0) is 4.74 Å². The Morgan fingerprint density at radius 3 is 2.28 bits per heavy atom. The van der Waals surface area contributed by atoms with E-state index in [2.05, 4.69) is 13.8 Å². The molecule has 0 aromatic heterocycles. The van der Waals surface area contributed by atoms with Crippen molar-refractivity contribution in [1.29, 1.82) is 0 Å². The van der Waals surface area contributed by atoms with Crippen molar-refractivity contribution in [2.24, 2.45) is 0 Å². The molecule has 18 heavy (non-hydrogen) atoms. The maximum absolute atomic E-state index is 11.7. The van der Waals surface area contributed by atoms with Crippen molar-refractivity contribution in [3.05, 3.63) is 47.0 Å². The van der Waals surface area contributed by atoms with Crippen LogP contribution in [0.3, 0.4) is 0 Å². The summed E-state index contributed by atoms with van der Waals surface area (Å²) in [4.78, 5) is 23.4. The van der Waals surface area contributed by atoms with Crippen molar-refractivity contribution in [1.82, 2.24) is 0 Å². The normalized spacial score (nSPS) is 14.2. The van der Waals surface area contributed by atoms with Gasteiger partial charge in [0.25, 0.3) is 0 Å². The molecule has 1 aliphatic rings. The van der Waals surface area contributed by atoms with Gasteiger partial charge in [-0.05, 0) is 29.0 Å². The highest BCUT2D eigenvalue weighted by Crippen LogP contribution is 2.33. The van der Waals surface area contributed by atoms with Gasteiger partial charge < -0.3 is 4.74 Å². The molecular formula is C15H12O3. The zero-order valence-electron chi connectivity index (χ0n) is 10.2. The lowest BCUT2D eigenvalue weighted by atomic mass is 9.90. The third kappa shape index (κ3) is 1.37. The molecule has 3 rings (SSSR count). The molecule has 2 aromatic rings. The predicted octanol–water partition coefficient (Wildman–Crippen LogP) is 3.27. The molecule has 0 spiro atoms. The van der Waals surface area contributed by atoms with Crippen molar-refractivity contribution in [2.45, 2.75) is 19.8 Å². The number of ether oxygens (including phenoxy) is 1. The fourth-order valence-corrected chi connectivity index (χ4v) is 2.47. The minimum absolute atomic E-state index is 0.336. The Hall–Kier alpha value is -2.16. The molecule has 90 valence electrons. The molecule has 1 heterocycles. The molecule has 0 aliphatic carbocycles. The Labute approximate surface area is 104 Å². The maximum atomic E-state index is 11.7. The Morgan fingerprint density at radius 2 is 1.61 bits per heavy atom. The number of hydrogen-bond acceptors (Lipinski definition) is 3. The molecule has 3 nitrogen and oxygen atoms in total. The molecule has 0 atom stereocenters. The van der Waals surface area contributed by atoms with Gasteiger partial charge in [0, 0.05) is 5.39 Å². The van der Waals surface area contributed by atoms with Gasteiger partial charge in [-0.1, -0.05) is 32.0 Å². The summed E-state index contributed by atoms with van der Waals surface area (Å²) in [6.07, 6.45) is 0. The van der Waals surface area contributed by atoms with Crippen LogP contribution in [0.2, 0.25) is 0 Å². The van der Waals surface area contributed by atoms with Crippen molar-refractivity contribution in [3.8, 4) is 0 Å². The average Bonchev–Trinajstić information content (AvgIpc) is 2.34. The topological polar surface area (TPSA) is 43.4 Å². The Kier molecular flexibility index (Phi) is 2.23. The lowest BCUT2D eigenvalue weighted by Gasteiger charge is -2.18. The lowest BCUT2D eigenvalue weighted by molar-refractivity contribution is 0.0391. The third-order valence-corrected chi connectivity index (χ3v) is 3.32. The van der Waals surface area contributed by atoms with Crippen molar-refractivity contribution in [3.63, 3.8) is 0 Å². The van der Waals surface area contributed by atoms with E-state index in [1.807, 2.05) is 18.2 Å². The number of carbonyl (C=O) groups is 2. The summed E-state index contributed by atoms with van der Waals surface area (Å²) in [6, 6.07) is 9.15. The highest BCUT2D eigenvalue weighted by atomic mass is 16.6. The van der Waals surface area contributed by atoms with Crippen LogP contribution >= 0.6 is 0 Å². The molecule has 0 radical (unpaired) electrons. The number of carbonyl (C=O) groups excluding carboxylic acids is 2. The molecule has 0 saturated carbocycles. The Balaban J connectivity index is 2.49. The van der Waals surface area contributed by atoms with Gasteiger partial charge in [0.1, 0.15) is 0 Å². The third-order valence-electron chi connectivity index (χ3n) is 3.32. The maximum Gasteiger partial charge on any atom is 0.346 e. The first kappa shape index (κ1) is 11.0. The van der Waals surface area contributed by atoms with Gasteiger partial charge in [0.05, 0.1) is 11.1 Å². The van der Waals surface area contributed by atoms with Gasteiger partial charge in [-0.25, -0.2) is 9.59 Å². The van der Waals surface area contributed by atoms with Crippen LogP contribution in [0.5, 0.6) is 0 Å². The van der Waals surface area contributed by atoms with Crippen LogP contribution in [0.1, 0.15) is 46.0 Å². The molecule has 2 aromatic carbocycles. The van der Waals surface area contributed by atoms with E-state index in [1.54, 1.807) is 12.1 Å². The molecule has 0 N–H and O–H groups in total. The number of rotatable bonds is 1. The number of esters is 2. The molecule has 1 aliphatic heterocycles. The second kappa shape index (κ2) is 3.67. The van der Waals surface area contributed by atoms with E-state index < -0.39 is 11.9 Å². The van der Waals surface area contributed by atoms with Crippen LogP contribution in [-0.4, -0.2) is 11.9 Å². The quantitative estimate of drug-likeness (QED) is 0.567. The van der Waals surface area contributed by atoms with Crippen LogP contribution in [0.4, 0.5) is 0 Å². The van der Waals surface area contributed by atoms with E-state index in [0.717, 1.165) is 16.3 Å². The Morgan fingerprint density at radius 1 is 0.944 bits per heavy atom. The summed E-state index contributed by atoms with van der Waals surface area (Å²) in [5.41, 5.74) is 2.09. The summed E-state index contributed by atoms with van der Waals surface area (Å²) < 4.78 is 4.73. The minimum atomic E-state index is -0.556. The average molecular weight is 240 g/mol. The van der Waals surface area contributed by atoms with E-state index in [4.69, 9.17) is 4.74 Å². The number of cyclic esters (lactones) is 2. The molecular weight excluding hydrogens is 228 g/mol. The van der Waals surface area contributed by atoms with Gasteiger partial charge in [0.15, 0.2) is 0 Å². The summed E-state index contributed by atoms with van der Waals surface area (Å²) >= 11 is 0. The Bertz CT molecular complexity index is 663. The van der Waals surface area contributed by atoms with E-state index in [0.29, 0.717) is 17.0 Å². The first-order valence-electron chi connectivity index (χ1n) is 5.91. The van der Waals surface area contributed by atoms with Crippen LogP contribution in [0.25, 0.3) is 10.8 Å². The van der Waals surface area contributed by atoms with E-state index in [9.17, 15) is 9.59 Å². The van der Waals surface area contributed by atoms with Crippen LogP contribution in [0, 0.1) is 0 Å². The second-order valence-electron chi connectivity index (χ2n) is 4.76. The van der Waals surface area contributed by atoms with Gasteiger partial charge >= 0.3 is 11.9 Å². The lowest BCUT2D eigenvalue weighted by Crippen LogP contribution is -2.19. The standard InChI is InChI=1S/C15H12O3/c1-8(2)9-6-7-12-13-10(9)4-3-5-11(13)14(16)18-15(12)17/h3-8H,1-2H3.